The van der Waals surface area contributed by atoms with E-state index in [1.165, 1.54) is 0 Å². The van der Waals surface area contributed by atoms with Gasteiger partial charge in [0.25, 0.3) is 0 Å². The molecule has 0 heterocycles. The molecule has 10 heavy (non-hydrogen) atoms. The van der Waals surface area contributed by atoms with Crippen LogP contribution in [0.15, 0.2) is 0 Å². The SMILES string of the molecule is O=C[C@H]1CC[C@@H](O)C(=O)C1. The number of rotatable bonds is 1. The van der Waals surface area contributed by atoms with Gasteiger partial charge in [0.15, 0.2) is 5.78 Å². The average molecular weight is 142 g/mol. The van der Waals surface area contributed by atoms with Gasteiger partial charge in [-0.1, -0.05) is 0 Å². The summed E-state index contributed by atoms with van der Waals surface area (Å²) in [4.78, 5) is 20.9. The van der Waals surface area contributed by atoms with Gasteiger partial charge in [-0.15, -0.1) is 0 Å². The van der Waals surface area contributed by atoms with Crippen LogP contribution in [-0.2, 0) is 9.59 Å². The lowest BCUT2D eigenvalue weighted by atomic mass is 9.88. The Morgan fingerprint density at radius 2 is 2.20 bits per heavy atom. The van der Waals surface area contributed by atoms with Crippen molar-refractivity contribution in [1.82, 2.24) is 0 Å². The summed E-state index contributed by atoms with van der Waals surface area (Å²) in [6.07, 6.45) is 1.31. The van der Waals surface area contributed by atoms with Crippen molar-refractivity contribution in [3.8, 4) is 0 Å². The summed E-state index contributed by atoms with van der Waals surface area (Å²) in [5.74, 6) is -0.334. The summed E-state index contributed by atoms with van der Waals surface area (Å²) < 4.78 is 0. The van der Waals surface area contributed by atoms with Crippen LogP contribution in [0.1, 0.15) is 19.3 Å². The van der Waals surface area contributed by atoms with E-state index in [2.05, 4.69) is 0 Å². The van der Waals surface area contributed by atoms with Crippen LogP contribution in [0.4, 0.5) is 0 Å². The standard InChI is InChI=1S/C7H10O3/c8-4-5-1-2-6(9)7(10)3-5/h4-6,9H,1-3H2/t5-,6+/m0/s1. The summed E-state index contributed by atoms with van der Waals surface area (Å²) >= 11 is 0. The van der Waals surface area contributed by atoms with Crippen molar-refractivity contribution in [2.45, 2.75) is 25.4 Å². The van der Waals surface area contributed by atoms with Crippen LogP contribution in [0.25, 0.3) is 0 Å². The molecule has 0 amide bonds. The normalized spacial score (nSPS) is 33.9. The average Bonchev–Trinajstić information content (AvgIpc) is 1.95. The number of aliphatic hydroxyl groups is 1. The number of hydrogen-bond donors (Lipinski definition) is 1. The monoisotopic (exact) mass is 142 g/mol. The van der Waals surface area contributed by atoms with E-state index in [1.54, 1.807) is 0 Å². The molecule has 2 atom stereocenters. The minimum atomic E-state index is -0.809. The van der Waals surface area contributed by atoms with Crippen molar-refractivity contribution in [1.29, 1.82) is 0 Å². The second kappa shape index (κ2) is 2.92. The maximum Gasteiger partial charge on any atom is 0.161 e. The minimum absolute atomic E-state index is 0.143. The Bertz CT molecular complexity index is 153. The molecule has 1 saturated carbocycles. The zero-order valence-corrected chi connectivity index (χ0v) is 5.62. The molecule has 0 unspecified atom stereocenters. The molecule has 0 radical (unpaired) electrons. The predicted octanol–water partition coefficient (Wildman–Crippen LogP) is -0.0846. The lowest BCUT2D eigenvalue weighted by Crippen LogP contribution is -2.29. The van der Waals surface area contributed by atoms with Crippen molar-refractivity contribution in [2.24, 2.45) is 5.92 Å². The number of aliphatic hydroxyl groups excluding tert-OH is 1. The molecule has 56 valence electrons. The van der Waals surface area contributed by atoms with E-state index in [4.69, 9.17) is 5.11 Å². The van der Waals surface area contributed by atoms with E-state index in [0.717, 1.165) is 6.29 Å². The molecule has 0 spiro atoms. The van der Waals surface area contributed by atoms with Crippen LogP contribution in [-0.4, -0.2) is 23.3 Å². The number of aldehydes is 1. The zero-order valence-electron chi connectivity index (χ0n) is 5.62. The molecule has 1 rings (SSSR count). The van der Waals surface area contributed by atoms with Gasteiger partial charge in [0.2, 0.25) is 0 Å². The number of carbonyl (C=O) groups excluding carboxylic acids is 2. The maximum absolute atomic E-state index is 10.8. The second-order valence-electron chi connectivity index (χ2n) is 2.66. The van der Waals surface area contributed by atoms with Crippen LogP contribution in [0.2, 0.25) is 0 Å². The van der Waals surface area contributed by atoms with Crippen molar-refractivity contribution in [3.63, 3.8) is 0 Å². The Hall–Kier alpha value is -0.700. The van der Waals surface area contributed by atoms with Crippen LogP contribution in [0.5, 0.6) is 0 Å². The van der Waals surface area contributed by atoms with Gasteiger partial charge in [0.1, 0.15) is 12.4 Å². The number of hydrogen-bond acceptors (Lipinski definition) is 3. The fraction of sp³-hybridized carbons (Fsp3) is 0.714. The summed E-state index contributed by atoms with van der Waals surface area (Å²) in [7, 11) is 0. The Morgan fingerprint density at radius 3 is 2.70 bits per heavy atom. The van der Waals surface area contributed by atoms with E-state index < -0.39 is 6.10 Å². The van der Waals surface area contributed by atoms with Crippen molar-refractivity contribution in [2.75, 3.05) is 0 Å². The van der Waals surface area contributed by atoms with Gasteiger partial charge in [0, 0.05) is 12.3 Å². The molecule has 1 aliphatic rings. The third-order valence-corrected chi connectivity index (χ3v) is 1.84. The van der Waals surface area contributed by atoms with Crippen molar-refractivity contribution < 1.29 is 14.7 Å². The molecule has 3 nitrogen and oxygen atoms in total. The van der Waals surface area contributed by atoms with Crippen molar-refractivity contribution in [3.05, 3.63) is 0 Å². The molecule has 0 aromatic heterocycles. The van der Waals surface area contributed by atoms with E-state index in [0.29, 0.717) is 12.8 Å². The summed E-state index contributed by atoms with van der Waals surface area (Å²) in [6, 6.07) is 0. The predicted molar refractivity (Wildman–Crippen MR) is 34.4 cm³/mol. The second-order valence-corrected chi connectivity index (χ2v) is 2.66. The first-order valence-corrected chi connectivity index (χ1v) is 3.40. The maximum atomic E-state index is 10.8. The van der Waals surface area contributed by atoms with Gasteiger partial charge >= 0.3 is 0 Å². The quantitative estimate of drug-likeness (QED) is 0.521. The Morgan fingerprint density at radius 1 is 1.50 bits per heavy atom. The van der Waals surface area contributed by atoms with Gasteiger partial charge in [0.05, 0.1) is 0 Å². The van der Waals surface area contributed by atoms with Crippen LogP contribution >= 0.6 is 0 Å². The summed E-state index contributed by atoms with van der Waals surface area (Å²) in [5.41, 5.74) is 0. The van der Waals surface area contributed by atoms with Gasteiger partial charge < -0.3 is 9.90 Å². The fourth-order valence-corrected chi connectivity index (χ4v) is 1.15. The molecule has 3 heteroatoms. The van der Waals surface area contributed by atoms with E-state index in [9.17, 15) is 9.59 Å². The molecular weight excluding hydrogens is 132 g/mol. The fourth-order valence-electron chi connectivity index (χ4n) is 1.15. The summed E-state index contributed by atoms with van der Waals surface area (Å²) in [6.45, 7) is 0. The van der Waals surface area contributed by atoms with Gasteiger partial charge in [-0.3, -0.25) is 4.79 Å². The Balaban J connectivity index is 2.48. The molecular formula is C7H10O3. The number of ketones is 1. The third-order valence-electron chi connectivity index (χ3n) is 1.84. The number of carbonyl (C=O) groups is 2. The van der Waals surface area contributed by atoms with Gasteiger partial charge in [-0.05, 0) is 12.8 Å². The van der Waals surface area contributed by atoms with E-state index >= 15 is 0 Å². The van der Waals surface area contributed by atoms with E-state index in [1.807, 2.05) is 0 Å². The molecule has 1 aliphatic carbocycles. The first-order chi connectivity index (χ1) is 4.74. The van der Waals surface area contributed by atoms with Gasteiger partial charge in [-0.25, -0.2) is 0 Å². The molecule has 0 saturated heterocycles. The molecule has 1 fully saturated rings. The van der Waals surface area contributed by atoms with E-state index in [-0.39, 0.29) is 18.1 Å². The highest BCUT2D eigenvalue weighted by Crippen LogP contribution is 2.19. The smallest absolute Gasteiger partial charge is 0.161 e. The topological polar surface area (TPSA) is 54.4 Å². The molecule has 0 aromatic carbocycles. The first-order valence-electron chi connectivity index (χ1n) is 3.40. The highest BCUT2D eigenvalue weighted by molar-refractivity contribution is 5.86. The molecule has 0 aromatic rings. The first kappa shape index (κ1) is 7.41. The van der Waals surface area contributed by atoms with Gasteiger partial charge in [-0.2, -0.15) is 0 Å². The van der Waals surface area contributed by atoms with Crippen LogP contribution < -0.4 is 0 Å². The Kier molecular flexibility index (Phi) is 2.17. The molecule has 1 N–H and O–H groups in total. The Labute approximate surface area is 59.0 Å². The highest BCUT2D eigenvalue weighted by atomic mass is 16.3. The molecule has 0 bridgehead atoms. The minimum Gasteiger partial charge on any atom is -0.385 e. The summed E-state index contributed by atoms with van der Waals surface area (Å²) in [5, 5.41) is 8.93. The zero-order chi connectivity index (χ0) is 7.56. The number of Topliss-reactive ketones (excluding diaryl/α,β-unsaturated/α-hetero) is 1. The third kappa shape index (κ3) is 1.42. The molecule has 0 aliphatic heterocycles. The highest BCUT2D eigenvalue weighted by Gasteiger charge is 2.25. The van der Waals surface area contributed by atoms with Crippen molar-refractivity contribution >= 4 is 12.1 Å². The van der Waals surface area contributed by atoms with Crippen LogP contribution in [0.3, 0.4) is 0 Å². The largest absolute Gasteiger partial charge is 0.385 e. The lowest BCUT2D eigenvalue weighted by Gasteiger charge is -2.19. The lowest BCUT2D eigenvalue weighted by molar-refractivity contribution is -0.133. The van der Waals surface area contributed by atoms with Crippen LogP contribution in [0, 0.1) is 5.92 Å².